The second kappa shape index (κ2) is 4.99. The zero-order valence-electron chi connectivity index (χ0n) is 9.92. The molecule has 7 heteroatoms. The first-order valence-electron chi connectivity index (χ1n) is 5.86. The highest BCUT2D eigenvalue weighted by Crippen LogP contribution is 2.31. The number of hydrogen-bond donors (Lipinski definition) is 1. The molecule has 0 bridgehead atoms. The molecule has 0 aromatic carbocycles. The van der Waals surface area contributed by atoms with Crippen molar-refractivity contribution in [2.24, 2.45) is 0 Å². The van der Waals surface area contributed by atoms with Gasteiger partial charge in [-0.1, -0.05) is 0 Å². The molecule has 0 atom stereocenters. The summed E-state index contributed by atoms with van der Waals surface area (Å²) < 4.78 is 43.3. The fourth-order valence-electron chi connectivity index (χ4n) is 1.53. The van der Waals surface area contributed by atoms with E-state index in [9.17, 15) is 13.2 Å². The predicted molar refractivity (Wildman–Crippen MR) is 59.5 cm³/mol. The van der Waals surface area contributed by atoms with Crippen LogP contribution in [-0.4, -0.2) is 22.6 Å². The molecule has 0 aliphatic heterocycles. The van der Waals surface area contributed by atoms with E-state index in [1.165, 1.54) is 0 Å². The van der Waals surface area contributed by atoms with Gasteiger partial charge in [-0.3, -0.25) is 0 Å². The van der Waals surface area contributed by atoms with Gasteiger partial charge in [-0.05, 0) is 26.2 Å². The van der Waals surface area contributed by atoms with Crippen LogP contribution in [-0.2, 0) is 6.18 Å². The van der Waals surface area contributed by atoms with Crippen molar-refractivity contribution in [2.75, 3.05) is 11.9 Å². The Hall–Kier alpha value is -1.53. The van der Waals surface area contributed by atoms with Crippen molar-refractivity contribution in [3.63, 3.8) is 0 Å². The second-order valence-corrected chi connectivity index (χ2v) is 4.11. The highest BCUT2D eigenvalue weighted by atomic mass is 19.4. The second-order valence-electron chi connectivity index (χ2n) is 4.11. The number of ether oxygens (including phenoxy) is 1. The minimum atomic E-state index is -4.50. The number of rotatable bonds is 4. The van der Waals surface area contributed by atoms with Gasteiger partial charge in [0, 0.05) is 12.6 Å². The van der Waals surface area contributed by atoms with Crippen LogP contribution in [0.15, 0.2) is 6.07 Å². The molecule has 1 saturated carbocycles. The van der Waals surface area contributed by atoms with Gasteiger partial charge in [-0.25, -0.2) is 4.98 Å². The van der Waals surface area contributed by atoms with Crippen LogP contribution in [0.25, 0.3) is 0 Å². The van der Waals surface area contributed by atoms with Gasteiger partial charge in [-0.2, -0.15) is 18.2 Å². The maximum atomic E-state index is 12.6. The topological polar surface area (TPSA) is 47.0 Å². The molecule has 0 spiro atoms. The highest BCUT2D eigenvalue weighted by molar-refractivity contribution is 5.32. The minimum absolute atomic E-state index is 0.0158. The molecule has 0 amide bonds. The Morgan fingerprint density at radius 1 is 1.39 bits per heavy atom. The number of aromatic nitrogens is 2. The summed E-state index contributed by atoms with van der Waals surface area (Å²) in [5.41, 5.74) is -0.984. The van der Waals surface area contributed by atoms with E-state index in [2.05, 4.69) is 15.3 Å². The van der Waals surface area contributed by atoms with Crippen molar-refractivity contribution in [3.8, 4) is 5.88 Å². The molecule has 1 aliphatic rings. The molecule has 18 heavy (non-hydrogen) atoms. The Kier molecular flexibility index (Phi) is 3.58. The number of anilines is 1. The third-order valence-corrected chi connectivity index (χ3v) is 2.67. The van der Waals surface area contributed by atoms with E-state index in [1.54, 1.807) is 6.92 Å². The summed E-state index contributed by atoms with van der Waals surface area (Å²) in [5.74, 6) is -0.0698. The van der Waals surface area contributed by atoms with Crippen LogP contribution >= 0.6 is 0 Å². The van der Waals surface area contributed by atoms with E-state index in [4.69, 9.17) is 4.74 Å². The van der Waals surface area contributed by atoms with Gasteiger partial charge >= 0.3 is 6.18 Å². The monoisotopic (exact) mass is 261 g/mol. The zero-order chi connectivity index (χ0) is 13.2. The molecular formula is C11H14F3N3O. The van der Waals surface area contributed by atoms with Crippen molar-refractivity contribution >= 4 is 5.95 Å². The quantitative estimate of drug-likeness (QED) is 0.905. The van der Waals surface area contributed by atoms with Crippen molar-refractivity contribution in [3.05, 3.63) is 11.8 Å². The number of alkyl halides is 3. The van der Waals surface area contributed by atoms with E-state index in [0.29, 0.717) is 6.54 Å². The van der Waals surface area contributed by atoms with Gasteiger partial charge in [-0.15, -0.1) is 0 Å². The SMILES string of the molecule is CCNc1nc(OC2CCC2)cc(C(F)(F)F)n1. The third kappa shape index (κ3) is 3.02. The fraction of sp³-hybridized carbons (Fsp3) is 0.636. The molecule has 1 heterocycles. The summed E-state index contributed by atoms with van der Waals surface area (Å²) in [6.45, 7) is 2.21. The molecule has 1 fully saturated rings. The Morgan fingerprint density at radius 3 is 2.61 bits per heavy atom. The average Bonchev–Trinajstić information content (AvgIpc) is 2.23. The number of nitrogens with zero attached hydrogens (tertiary/aromatic N) is 2. The van der Waals surface area contributed by atoms with Crippen LogP contribution in [0.1, 0.15) is 31.9 Å². The van der Waals surface area contributed by atoms with Crippen LogP contribution < -0.4 is 10.1 Å². The summed E-state index contributed by atoms with van der Waals surface area (Å²) in [6, 6.07) is 0.846. The summed E-state index contributed by atoms with van der Waals surface area (Å²) in [6.07, 6.45) is -1.74. The molecule has 1 aliphatic carbocycles. The van der Waals surface area contributed by atoms with E-state index in [0.717, 1.165) is 25.3 Å². The van der Waals surface area contributed by atoms with Crippen LogP contribution in [0.2, 0.25) is 0 Å². The van der Waals surface area contributed by atoms with E-state index in [-0.39, 0.29) is 17.9 Å². The summed E-state index contributed by atoms with van der Waals surface area (Å²) >= 11 is 0. The van der Waals surface area contributed by atoms with Crippen LogP contribution in [0.4, 0.5) is 19.1 Å². The standard InChI is InChI=1S/C11H14F3N3O/c1-2-15-10-16-8(11(12,13)14)6-9(17-10)18-7-4-3-5-7/h6-7H,2-5H2,1H3,(H,15,16,17). The zero-order valence-corrected chi connectivity index (χ0v) is 9.92. The van der Waals surface area contributed by atoms with E-state index >= 15 is 0 Å². The molecule has 1 aromatic heterocycles. The van der Waals surface area contributed by atoms with Crippen molar-refractivity contribution in [2.45, 2.75) is 38.5 Å². The lowest BCUT2D eigenvalue weighted by Crippen LogP contribution is -2.25. The van der Waals surface area contributed by atoms with Gasteiger partial charge in [0.25, 0.3) is 0 Å². The predicted octanol–water partition coefficient (Wildman–Crippen LogP) is 2.86. The minimum Gasteiger partial charge on any atom is -0.474 e. The van der Waals surface area contributed by atoms with Gasteiger partial charge < -0.3 is 10.1 Å². The van der Waals surface area contributed by atoms with Gasteiger partial charge in [0.1, 0.15) is 6.10 Å². The molecule has 100 valence electrons. The number of hydrogen-bond acceptors (Lipinski definition) is 4. The van der Waals surface area contributed by atoms with Crippen LogP contribution in [0.5, 0.6) is 5.88 Å². The first-order chi connectivity index (χ1) is 8.49. The molecule has 4 nitrogen and oxygen atoms in total. The summed E-state index contributed by atoms with van der Waals surface area (Å²) in [4.78, 5) is 7.33. The Morgan fingerprint density at radius 2 is 2.11 bits per heavy atom. The lowest BCUT2D eigenvalue weighted by atomic mass is 9.96. The first-order valence-corrected chi connectivity index (χ1v) is 5.86. The van der Waals surface area contributed by atoms with Gasteiger partial charge in [0.15, 0.2) is 5.69 Å². The molecule has 0 unspecified atom stereocenters. The fourth-order valence-corrected chi connectivity index (χ4v) is 1.53. The smallest absolute Gasteiger partial charge is 0.433 e. The Bertz CT molecular complexity index is 418. The van der Waals surface area contributed by atoms with Crippen molar-refractivity contribution in [1.82, 2.24) is 9.97 Å². The molecule has 1 aromatic rings. The normalized spacial score (nSPS) is 16.2. The number of halogens is 3. The largest absolute Gasteiger partial charge is 0.474 e. The summed E-state index contributed by atoms with van der Waals surface area (Å²) in [7, 11) is 0. The Balaban J connectivity index is 2.23. The maximum Gasteiger partial charge on any atom is 0.433 e. The lowest BCUT2D eigenvalue weighted by molar-refractivity contribution is -0.141. The number of nitrogens with one attached hydrogen (secondary N) is 1. The van der Waals surface area contributed by atoms with Crippen LogP contribution in [0, 0.1) is 0 Å². The molecule has 0 radical (unpaired) electrons. The van der Waals surface area contributed by atoms with E-state index < -0.39 is 11.9 Å². The average molecular weight is 261 g/mol. The van der Waals surface area contributed by atoms with Crippen molar-refractivity contribution < 1.29 is 17.9 Å². The lowest BCUT2D eigenvalue weighted by Gasteiger charge is -2.26. The highest BCUT2D eigenvalue weighted by Gasteiger charge is 2.34. The summed E-state index contributed by atoms with van der Waals surface area (Å²) in [5, 5.41) is 2.67. The molecule has 2 rings (SSSR count). The van der Waals surface area contributed by atoms with Crippen LogP contribution in [0.3, 0.4) is 0 Å². The Labute approximate surface area is 103 Å². The van der Waals surface area contributed by atoms with Gasteiger partial charge in [0.05, 0.1) is 0 Å². The molecule has 0 saturated heterocycles. The molecular weight excluding hydrogens is 247 g/mol. The van der Waals surface area contributed by atoms with E-state index in [1.807, 2.05) is 0 Å². The molecule has 1 N–H and O–H groups in total. The van der Waals surface area contributed by atoms with Crippen molar-refractivity contribution in [1.29, 1.82) is 0 Å². The third-order valence-electron chi connectivity index (χ3n) is 2.67. The first kappa shape index (κ1) is 12.9. The maximum absolute atomic E-state index is 12.6. The van der Waals surface area contributed by atoms with Gasteiger partial charge in [0.2, 0.25) is 11.8 Å².